The molecule has 0 saturated carbocycles. The lowest BCUT2D eigenvalue weighted by Gasteiger charge is -2.38. The van der Waals surface area contributed by atoms with Crippen LogP contribution in [0.5, 0.6) is 12.0 Å². The summed E-state index contributed by atoms with van der Waals surface area (Å²) in [5.41, 5.74) is 0. The third-order valence-corrected chi connectivity index (χ3v) is 3.86. The number of anilines is 1. The summed E-state index contributed by atoms with van der Waals surface area (Å²) in [6.07, 6.45) is 1.90. The SMILES string of the molecule is COc1nc(OC)nc(N2CCCC(N(C)C(=O)N(C)C)C2)n1. The van der Waals surface area contributed by atoms with Crippen LogP contribution in [0.25, 0.3) is 0 Å². The number of carbonyl (C=O) groups excluding carboxylic acids is 1. The van der Waals surface area contributed by atoms with E-state index in [9.17, 15) is 4.79 Å². The van der Waals surface area contributed by atoms with E-state index in [2.05, 4.69) is 15.0 Å². The smallest absolute Gasteiger partial charge is 0.324 e. The van der Waals surface area contributed by atoms with Crippen LogP contribution in [0, 0.1) is 0 Å². The largest absolute Gasteiger partial charge is 0.467 e. The third-order valence-electron chi connectivity index (χ3n) is 3.86. The topological polar surface area (TPSA) is 83.9 Å². The lowest BCUT2D eigenvalue weighted by atomic mass is 10.1. The van der Waals surface area contributed by atoms with Crippen molar-refractivity contribution in [1.82, 2.24) is 24.8 Å². The number of rotatable bonds is 4. The number of nitrogens with zero attached hydrogens (tertiary/aromatic N) is 6. The van der Waals surface area contributed by atoms with E-state index in [0.29, 0.717) is 12.5 Å². The van der Waals surface area contributed by atoms with Gasteiger partial charge in [-0.15, -0.1) is 4.98 Å². The van der Waals surface area contributed by atoms with Gasteiger partial charge in [-0.1, -0.05) is 0 Å². The van der Waals surface area contributed by atoms with E-state index >= 15 is 0 Å². The van der Waals surface area contributed by atoms with E-state index in [1.165, 1.54) is 14.2 Å². The van der Waals surface area contributed by atoms with Gasteiger partial charge in [0.05, 0.1) is 20.3 Å². The molecule has 2 heterocycles. The number of amides is 2. The first kappa shape index (κ1) is 17.0. The van der Waals surface area contributed by atoms with E-state index in [1.54, 1.807) is 23.9 Å². The van der Waals surface area contributed by atoms with Gasteiger partial charge < -0.3 is 24.2 Å². The van der Waals surface area contributed by atoms with Crippen molar-refractivity contribution in [3.63, 3.8) is 0 Å². The van der Waals surface area contributed by atoms with Crippen molar-refractivity contribution in [3.05, 3.63) is 0 Å². The number of piperidine rings is 1. The molecule has 128 valence electrons. The number of hydrogen-bond donors (Lipinski definition) is 0. The molecule has 2 rings (SSSR count). The fourth-order valence-electron chi connectivity index (χ4n) is 2.58. The summed E-state index contributed by atoms with van der Waals surface area (Å²) in [5, 5.41) is 0. The van der Waals surface area contributed by atoms with Gasteiger partial charge in [0.15, 0.2) is 0 Å². The standard InChI is InChI=1S/C14H24N6O3/c1-18(2)14(21)19(3)10-7-6-8-20(9-10)11-15-12(22-4)17-13(16-11)23-5/h10H,6-9H2,1-5H3. The van der Waals surface area contributed by atoms with E-state index in [-0.39, 0.29) is 24.1 Å². The summed E-state index contributed by atoms with van der Waals surface area (Å²) in [7, 11) is 8.33. The zero-order chi connectivity index (χ0) is 17.0. The fraction of sp³-hybridized carbons (Fsp3) is 0.714. The minimum atomic E-state index is -0.0114. The van der Waals surface area contributed by atoms with E-state index in [1.807, 2.05) is 11.9 Å². The first-order valence-corrected chi connectivity index (χ1v) is 7.49. The van der Waals surface area contributed by atoms with Crippen LogP contribution in [0.15, 0.2) is 0 Å². The maximum Gasteiger partial charge on any atom is 0.324 e. The zero-order valence-corrected chi connectivity index (χ0v) is 14.3. The summed E-state index contributed by atoms with van der Waals surface area (Å²) in [4.78, 5) is 30.1. The molecule has 0 radical (unpaired) electrons. The molecule has 0 spiro atoms. The molecule has 0 aromatic carbocycles. The van der Waals surface area contributed by atoms with E-state index in [4.69, 9.17) is 9.47 Å². The van der Waals surface area contributed by atoms with Crippen molar-refractivity contribution in [2.75, 3.05) is 53.4 Å². The highest BCUT2D eigenvalue weighted by atomic mass is 16.5. The minimum Gasteiger partial charge on any atom is -0.467 e. The molecule has 1 aromatic heterocycles. The Balaban J connectivity index is 2.16. The molecule has 0 aliphatic carbocycles. The molecule has 1 aromatic rings. The highest BCUT2D eigenvalue weighted by Gasteiger charge is 2.28. The zero-order valence-electron chi connectivity index (χ0n) is 14.3. The number of methoxy groups -OCH3 is 2. The fourth-order valence-corrected chi connectivity index (χ4v) is 2.58. The number of carbonyl (C=O) groups is 1. The highest BCUT2D eigenvalue weighted by molar-refractivity contribution is 5.74. The van der Waals surface area contributed by atoms with E-state index in [0.717, 1.165) is 19.4 Å². The maximum atomic E-state index is 12.1. The van der Waals surface area contributed by atoms with Gasteiger partial charge in [-0.05, 0) is 12.8 Å². The van der Waals surface area contributed by atoms with Gasteiger partial charge in [-0.2, -0.15) is 9.97 Å². The molecule has 1 aliphatic rings. The molecular weight excluding hydrogens is 300 g/mol. The van der Waals surface area contributed by atoms with Gasteiger partial charge in [0.1, 0.15) is 0 Å². The first-order chi connectivity index (χ1) is 11.0. The van der Waals surface area contributed by atoms with Crippen molar-refractivity contribution < 1.29 is 14.3 Å². The number of hydrogen-bond acceptors (Lipinski definition) is 7. The average Bonchev–Trinajstić information content (AvgIpc) is 2.59. The summed E-state index contributed by atoms with van der Waals surface area (Å²) in [6.45, 7) is 1.48. The number of urea groups is 1. The Morgan fingerprint density at radius 2 is 1.74 bits per heavy atom. The van der Waals surface area contributed by atoms with Crippen LogP contribution in [0.1, 0.15) is 12.8 Å². The summed E-state index contributed by atoms with van der Waals surface area (Å²) < 4.78 is 10.2. The Labute approximate surface area is 136 Å². The second-order valence-electron chi connectivity index (χ2n) is 5.64. The number of likely N-dealkylation sites (N-methyl/N-ethyl adjacent to an activating group) is 1. The van der Waals surface area contributed by atoms with Gasteiger partial charge in [-0.3, -0.25) is 0 Å². The predicted octanol–water partition coefficient (Wildman–Crippen LogP) is 0.471. The minimum absolute atomic E-state index is 0.0114. The van der Waals surface area contributed by atoms with Crippen LogP contribution < -0.4 is 14.4 Å². The lowest BCUT2D eigenvalue weighted by Crippen LogP contribution is -2.51. The molecule has 9 heteroatoms. The van der Waals surface area contributed by atoms with Crippen molar-refractivity contribution in [2.45, 2.75) is 18.9 Å². The quantitative estimate of drug-likeness (QED) is 0.796. The number of aromatic nitrogens is 3. The van der Waals surface area contributed by atoms with Crippen LogP contribution in [0.4, 0.5) is 10.7 Å². The van der Waals surface area contributed by atoms with Gasteiger partial charge in [-0.25, -0.2) is 4.79 Å². The van der Waals surface area contributed by atoms with Crippen LogP contribution in [0.2, 0.25) is 0 Å². The van der Waals surface area contributed by atoms with Gasteiger partial charge in [0, 0.05) is 34.2 Å². The molecule has 1 fully saturated rings. The Morgan fingerprint density at radius 3 is 2.26 bits per heavy atom. The first-order valence-electron chi connectivity index (χ1n) is 7.49. The summed E-state index contributed by atoms with van der Waals surface area (Å²) in [6, 6.07) is 0.522. The Bertz CT molecular complexity index is 531. The molecule has 1 atom stereocenters. The average molecular weight is 324 g/mol. The van der Waals surface area contributed by atoms with Crippen LogP contribution in [-0.2, 0) is 0 Å². The third kappa shape index (κ3) is 3.91. The Morgan fingerprint density at radius 1 is 1.13 bits per heavy atom. The van der Waals surface area contributed by atoms with Crippen molar-refractivity contribution in [1.29, 1.82) is 0 Å². The summed E-state index contributed by atoms with van der Waals surface area (Å²) in [5.74, 6) is 0.504. The molecule has 23 heavy (non-hydrogen) atoms. The van der Waals surface area contributed by atoms with Gasteiger partial charge in [0.2, 0.25) is 5.95 Å². The monoisotopic (exact) mass is 324 g/mol. The Hall–Kier alpha value is -2.32. The van der Waals surface area contributed by atoms with Crippen molar-refractivity contribution >= 4 is 12.0 Å². The molecule has 1 unspecified atom stereocenters. The normalized spacial score (nSPS) is 17.6. The molecule has 1 saturated heterocycles. The van der Waals surface area contributed by atoms with Crippen LogP contribution in [-0.4, -0.2) is 85.3 Å². The number of ether oxygens (including phenoxy) is 2. The summed E-state index contributed by atoms with van der Waals surface area (Å²) >= 11 is 0. The second-order valence-corrected chi connectivity index (χ2v) is 5.64. The molecule has 1 aliphatic heterocycles. The Kier molecular flexibility index (Phi) is 5.41. The molecule has 0 bridgehead atoms. The second kappa shape index (κ2) is 7.30. The van der Waals surface area contributed by atoms with Crippen molar-refractivity contribution in [3.8, 4) is 12.0 Å². The van der Waals surface area contributed by atoms with Gasteiger partial charge in [0.25, 0.3) is 0 Å². The van der Waals surface area contributed by atoms with Crippen LogP contribution >= 0.6 is 0 Å². The van der Waals surface area contributed by atoms with E-state index < -0.39 is 0 Å². The highest BCUT2D eigenvalue weighted by Crippen LogP contribution is 2.22. The molecular formula is C14H24N6O3. The molecule has 2 amide bonds. The van der Waals surface area contributed by atoms with Crippen molar-refractivity contribution in [2.24, 2.45) is 0 Å². The molecule has 0 N–H and O–H groups in total. The maximum absolute atomic E-state index is 12.1. The predicted molar refractivity (Wildman–Crippen MR) is 85.0 cm³/mol. The lowest BCUT2D eigenvalue weighted by molar-refractivity contribution is 0.157. The van der Waals surface area contributed by atoms with Gasteiger partial charge >= 0.3 is 18.1 Å². The molecule has 9 nitrogen and oxygen atoms in total. The van der Waals surface area contributed by atoms with Crippen LogP contribution in [0.3, 0.4) is 0 Å².